The first-order valence-electron chi connectivity index (χ1n) is 5.43. The van der Waals surface area contributed by atoms with Crippen LogP contribution in [0.4, 0.5) is 0 Å². The van der Waals surface area contributed by atoms with Crippen molar-refractivity contribution in [1.29, 1.82) is 0 Å². The number of hydrogen-bond donors (Lipinski definition) is 2. The molecule has 2 N–H and O–H groups in total. The maximum atomic E-state index is 11.2. The van der Waals surface area contributed by atoms with Gasteiger partial charge in [0, 0.05) is 24.6 Å². The molecular formula is C10H20N2O2S2. The van der Waals surface area contributed by atoms with E-state index >= 15 is 0 Å². The van der Waals surface area contributed by atoms with Crippen LogP contribution in [0.5, 0.6) is 0 Å². The molecule has 0 rings (SSSR count). The Kier molecular flexibility index (Phi) is 10.9. The summed E-state index contributed by atoms with van der Waals surface area (Å²) in [4.78, 5) is 22.5. The molecule has 0 unspecified atom stereocenters. The summed E-state index contributed by atoms with van der Waals surface area (Å²) in [5.41, 5.74) is 0. The summed E-state index contributed by atoms with van der Waals surface area (Å²) < 4.78 is 0. The van der Waals surface area contributed by atoms with E-state index < -0.39 is 11.8 Å². The topological polar surface area (TPSA) is 58.2 Å². The lowest BCUT2D eigenvalue weighted by atomic mass is 10.5. The molecule has 16 heavy (non-hydrogen) atoms. The van der Waals surface area contributed by atoms with Gasteiger partial charge in [-0.05, 0) is 11.5 Å². The first kappa shape index (κ1) is 15.6. The SMILES string of the molecule is CCSCCNC(=O)C(=O)NCCSCC. The molecule has 2 amide bonds. The number of carbonyl (C=O) groups excluding carboxylic acids is 2. The number of amides is 2. The van der Waals surface area contributed by atoms with E-state index in [-0.39, 0.29) is 0 Å². The second-order valence-corrected chi connectivity index (χ2v) is 5.69. The number of hydrogen-bond acceptors (Lipinski definition) is 4. The zero-order valence-electron chi connectivity index (χ0n) is 9.88. The number of carbonyl (C=O) groups is 2. The van der Waals surface area contributed by atoms with E-state index in [0.29, 0.717) is 13.1 Å². The monoisotopic (exact) mass is 264 g/mol. The van der Waals surface area contributed by atoms with Crippen LogP contribution in [0.3, 0.4) is 0 Å². The molecule has 0 aromatic carbocycles. The van der Waals surface area contributed by atoms with Gasteiger partial charge in [0.15, 0.2) is 0 Å². The molecule has 0 aromatic rings. The van der Waals surface area contributed by atoms with Gasteiger partial charge in [0.1, 0.15) is 0 Å². The Morgan fingerprint density at radius 2 is 1.25 bits per heavy atom. The van der Waals surface area contributed by atoms with Crippen LogP contribution in [0.2, 0.25) is 0 Å². The van der Waals surface area contributed by atoms with Crippen molar-refractivity contribution in [2.75, 3.05) is 36.1 Å². The molecule has 0 aromatic heterocycles. The van der Waals surface area contributed by atoms with Gasteiger partial charge in [0.25, 0.3) is 0 Å². The fraction of sp³-hybridized carbons (Fsp3) is 0.800. The van der Waals surface area contributed by atoms with Gasteiger partial charge in [-0.3, -0.25) is 9.59 Å². The van der Waals surface area contributed by atoms with Crippen molar-refractivity contribution in [3.63, 3.8) is 0 Å². The van der Waals surface area contributed by atoms with Crippen molar-refractivity contribution in [2.24, 2.45) is 0 Å². The van der Waals surface area contributed by atoms with E-state index in [1.54, 1.807) is 23.5 Å². The minimum atomic E-state index is -0.529. The molecule has 0 saturated heterocycles. The van der Waals surface area contributed by atoms with Crippen molar-refractivity contribution in [1.82, 2.24) is 10.6 Å². The van der Waals surface area contributed by atoms with Gasteiger partial charge in [-0.25, -0.2) is 0 Å². The Bertz CT molecular complexity index is 191. The molecule has 0 spiro atoms. The first-order chi connectivity index (χ1) is 7.72. The van der Waals surface area contributed by atoms with E-state index in [0.717, 1.165) is 23.0 Å². The molecule has 94 valence electrons. The van der Waals surface area contributed by atoms with Gasteiger partial charge in [-0.1, -0.05) is 13.8 Å². The predicted molar refractivity (Wildman–Crippen MR) is 72.0 cm³/mol. The van der Waals surface area contributed by atoms with Gasteiger partial charge in [-0.15, -0.1) is 0 Å². The van der Waals surface area contributed by atoms with E-state index in [9.17, 15) is 9.59 Å². The maximum absolute atomic E-state index is 11.2. The summed E-state index contributed by atoms with van der Waals surface area (Å²) in [6.45, 7) is 5.22. The second kappa shape index (κ2) is 11.1. The molecule has 0 aliphatic carbocycles. The fourth-order valence-electron chi connectivity index (χ4n) is 0.923. The molecule has 6 heteroatoms. The van der Waals surface area contributed by atoms with Gasteiger partial charge in [-0.2, -0.15) is 23.5 Å². The van der Waals surface area contributed by atoms with Crippen LogP contribution < -0.4 is 10.6 Å². The fourth-order valence-corrected chi connectivity index (χ4v) is 1.99. The largest absolute Gasteiger partial charge is 0.347 e. The molecule has 0 heterocycles. The van der Waals surface area contributed by atoms with Crippen LogP contribution >= 0.6 is 23.5 Å². The smallest absolute Gasteiger partial charge is 0.309 e. The highest BCUT2D eigenvalue weighted by atomic mass is 32.2. The van der Waals surface area contributed by atoms with Gasteiger partial charge in [0.05, 0.1) is 0 Å². The zero-order valence-corrected chi connectivity index (χ0v) is 11.5. The van der Waals surface area contributed by atoms with E-state index in [2.05, 4.69) is 24.5 Å². The van der Waals surface area contributed by atoms with Crippen molar-refractivity contribution >= 4 is 35.3 Å². The standard InChI is InChI=1S/C10H20N2O2S2/c1-3-15-7-5-11-9(13)10(14)12-6-8-16-4-2/h3-8H2,1-2H3,(H,11,13)(H,12,14). The van der Waals surface area contributed by atoms with Crippen LogP contribution in [0.25, 0.3) is 0 Å². The molecule has 0 atom stereocenters. The Morgan fingerprint density at radius 1 is 0.875 bits per heavy atom. The van der Waals surface area contributed by atoms with E-state index in [1.165, 1.54) is 0 Å². The van der Waals surface area contributed by atoms with Gasteiger partial charge >= 0.3 is 11.8 Å². The Balaban J connectivity index is 3.46. The normalized spacial score (nSPS) is 9.88. The third-order valence-corrected chi connectivity index (χ3v) is 3.48. The summed E-state index contributed by atoms with van der Waals surface area (Å²) in [7, 11) is 0. The van der Waals surface area contributed by atoms with Gasteiger partial charge in [0.2, 0.25) is 0 Å². The van der Waals surface area contributed by atoms with Crippen LogP contribution in [0.1, 0.15) is 13.8 Å². The molecule has 0 bridgehead atoms. The molecular weight excluding hydrogens is 244 g/mol. The minimum Gasteiger partial charge on any atom is -0.347 e. The number of thioether (sulfide) groups is 2. The lowest BCUT2D eigenvalue weighted by molar-refractivity contribution is -0.139. The summed E-state index contributed by atoms with van der Waals surface area (Å²) in [5, 5.41) is 5.16. The zero-order chi connectivity index (χ0) is 12.2. The summed E-state index contributed by atoms with van der Waals surface area (Å²) in [6.07, 6.45) is 0. The third kappa shape index (κ3) is 8.91. The molecule has 0 fully saturated rings. The highest BCUT2D eigenvalue weighted by molar-refractivity contribution is 7.99. The minimum absolute atomic E-state index is 0.529. The number of rotatable bonds is 8. The molecule has 4 nitrogen and oxygen atoms in total. The lowest BCUT2D eigenvalue weighted by Crippen LogP contribution is -2.41. The third-order valence-electron chi connectivity index (χ3n) is 1.68. The Hall–Kier alpha value is -0.360. The molecule has 0 aliphatic heterocycles. The van der Waals surface area contributed by atoms with Crippen molar-refractivity contribution in [3.05, 3.63) is 0 Å². The van der Waals surface area contributed by atoms with E-state index in [1.807, 2.05) is 0 Å². The molecule has 0 aliphatic rings. The lowest BCUT2D eigenvalue weighted by Gasteiger charge is -2.05. The number of nitrogens with one attached hydrogen (secondary N) is 2. The summed E-state index contributed by atoms with van der Waals surface area (Å²) >= 11 is 3.47. The van der Waals surface area contributed by atoms with Crippen LogP contribution in [-0.2, 0) is 9.59 Å². The van der Waals surface area contributed by atoms with Crippen molar-refractivity contribution < 1.29 is 9.59 Å². The van der Waals surface area contributed by atoms with Crippen LogP contribution in [-0.4, -0.2) is 47.9 Å². The maximum Gasteiger partial charge on any atom is 0.309 e. The van der Waals surface area contributed by atoms with E-state index in [4.69, 9.17) is 0 Å². The first-order valence-corrected chi connectivity index (χ1v) is 7.74. The molecule has 0 radical (unpaired) electrons. The average molecular weight is 264 g/mol. The molecule has 0 saturated carbocycles. The van der Waals surface area contributed by atoms with Crippen molar-refractivity contribution in [3.8, 4) is 0 Å². The second-order valence-electron chi connectivity index (χ2n) is 2.91. The summed E-state index contributed by atoms with van der Waals surface area (Å²) in [5.74, 6) is 2.69. The van der Waals surface area contributed by atoms with Gasteiger partial charge < -0.3 is 10.6 Å². The van der Waals surface area contributed by atoms with Crippen molar-refractivity contribution in [2.45, 2.75) is 13.8 Å². The van der Waals surface area contributed by atoms with Crippen LogP contribution in [0, 0.1) is 0 Å². The van der Waals surface area contributed by atoms with Crippen LogP contribution in [0.15, 0.2) is 0 Å². The predicted octanol–water partition coefficient (Wildman–Crippen LogP) is 0.725. The average Bonchev–Trinajstić information content (AvgIpc) is 2.29. The Labute approximate surface area is 106 Å². The Morgan fingerprint density at radius 3 is 1.56 bits per heavy atom. The highest BCUT2D eigenvalue weighted by Gasteiger charge is 2.11. The quantitative estimate of drug-likeness (QED) is 0.501. The summed E-state index contributed by atoms with van der Waals surface area (Å²) in [6, 6.07) is 0. The highest BCUT2D eigenvalue weighted by Crippen LogP contribution is 1.95.